The summed E-state index contributed by atoms with van der Waals surface area (Å²) in [5.41, 5.74) is 3.13. The van der Waals surface area contributed by atoms with E-state index in [0.717, 1.165) is 23.2 Å². The first-order valence-electron chi connectivity index (χ1n) is 11.2. The largest absolute Gasteiger partial charge is 0.368 e. The number of hydrogen-bond donors (Lipinski definition) is 0. The van der Waals surface area contributed by atoms with E-state index in [-0.39, 0.29) is 11.7 Å². The number of benzene rings is 2. The molecule has 4 rings (SSSR count). The highest BCUT2D eigenvalue weighted by Gasteiger charge is 2.20. The van der Waals surface area contributed by atoms with E-state index >= 15 is 0 Å². The van der Waals surface area contributed by atoms with Gasteiger partial charge >= 0.3 is 0 Å². The second kappa shape index (κ2) is 10.3. The molecule has 0 bridgehead atoms. The Hall–Kier alpha value is -2.40. The minimum absolute atomic E-state index is 0.0962. The molecular formula is C26H29BrN2O2. The Bertz CT molecular complexity index is 940. The van der Waals surface area contributed by atoms with E-state index in [2.05, 4.69) is 45.1 Å². The summed E-state index contributed by atoms with van der Waals surface area (Å²) < 4.78 is 1.05. The molecule has 0 N–H and O–H groups in total. The molecule has 1 amide bonds. The molecule has 2 aromatic carbocycles. The van der Waals surface area contributed by atoms with E-state index in [1.807, 2.05) is 29.2 Å². The third kappa shape index (κ3) is 5.65. The predicted molar refractivity (Wildman–Crippen MR) is 129 cm³/mol. The second-order valence-corrected chi connectivity index (χ2v) is 9.36. The molecule has 1 saturated carbocycles. The summed E-state index contributed by atoms with van der Waals surface area (Å²) in [5.74, 6) is 0.420. The van der Waals surface area contributed by atoms with Crippen LogP contribution in [-0.2, 0) is 4.79 Å². The molecular weight excluding hydrogens is 452 g/mol. The number of allylic oxidation sites excluding steroid dienone is 1. The molecule has 0 atom stereocenters. The van der Waals surface area contributed by atoms with Crippen LogP contribution in [-0.4, -0.2) is 42.8 Å². The third-order valence-corrected chi connectivity index (χ3v) is 6.91. The van der Waals surface area contributed by atoms with Crippen LogP contribution in [0.5, 0.6) is 0 Å². The Morgan fingerprint density at radius 2 is 1.58 bits per heavy atom. The summed E-state index contributed by atoms with van der Waals surface area (Å²) in [6.07, 6.45) is 9.27. The summed E-state index contributed by atoms with van der Waals surface area (Å²) in [5, 5.41) is 0. The molecule has 2 aliphatic rings. The van der Waals surface area contributed by atoms with Crippen molar-refractivity contribution < 1.29 is 9.59 Å². The smallest absolute Gasteiger partial charge is 0.246 e. The minimum Gasteiger partial charge on any atom is -0.368 e. The summed E-state index contributed by atoms with van der Waals surface area (Å²) in [6.45, 7) is 2.87. The number of rotatable bonds is 5. The molecule has 1 saturated heterocycles. The number of piperazine rings is 1. The Kier molecular flexibility index (Phi) is 7.23. The number of halogens is 1. The molecule has 1 aliphatic carbocycles. The fourth-order valence-electron chi connectivity index (χ4n) is 4.56. The summed E-state index contributed by atoms with van der Waals surface area (Å²) in [6, 6.07) is 16.2. The predicted octanol–water partition coefficient (Wildman–Crippen LogP) is 5.58. The Morgan fingerprint density at radius 1 is 0.871 bits per heavy atom. The van der Waals surface area contributed by atoms with Gasteiger partial charge in [-0.1, -0.05) is 65.5 Å². The maximum absolute atomic E-state index is 12.6. The van der Waals surface area contributed by atoms with Gasteiger partial charge in [-0.05, 0) is 48.6 Å². The third-order valence-electron chi connectivity index (χ3n) is 6.41. The van der Waals surface area contributed by atoms with Crippen molar-refractivity contribution in [3.05, 3.63) is 76.3 Å². The van der Waals surface area contributed by atoms with Crippen molar-refractivity contribution >= 4 is 33.3 Å². The molecule has 4 nitrogen and oxygen atoms in total. The number of ketones is 1. The number of nitrogens with zero attached hydrogens (tertiary/aromatic N) is 2. The lowest BCUT2D eigenvalue weighted by Gasteiger charge is -2.35. The highest BCUT2D eigenvalue weighted by atomic mass is 79.9. The molecule has 0 radical (unpaired) electrons. The van der Waals surface area contributed by atoms with E-state index < -0.39 is 0 Å². The van der Waals surface area contributed by atoms with Crippen LogP contribution in [0.2, 0.25) is 0 Å². The first-order chi connectivity index (χ1) is 15.1. The van der Waals surface area contributed by atoms with Gasteiger partial charge in [-0.3, -0.25) is 9.59 Å². The van der Waals surface area contributed by atoms with Crippen LogP contribution in [0.3, 0.4) is 0 Å². The zero-order valence-corrected chi connectivity index (χ0v) is 19.4. The highest BCUT2D eigenvalue weighted by molar-refractivity contribution is 9.10. The molecule has 1 aliphatic heterocycles. The van der Waals surface area contributed by atoms with Gasteiger partial charge in [0.25, 0.3) is 0 Å². The van der Waals surface area contributed by atoms with Crippen LogP contribution in [0.1, 0.15) is 53.9 Å². The molecule has 2 aromatic rings. The Labute approximate surface area is 193 Å². The van der Waals surface area contributed by atoms with E-state index in [4.69, 9.17) is 0 Å². The molecule has 2 fully saturated rings. The minimum atomic E-state index is -0.115. The fourth-order valence-corrected chi connectivity index (χ4v) is 4.95. The summed E-state index contributed by atoms with van der Waals surface area (Å²) in [7, 11) is 0. The van der Waals surface area contributed by atoms with E-state index in [0.29, 0.717) is 24.6 Å². The van der Waals surface area contributed by atoms with Gasteiger partial charge in [0.1, 0.15) is 0 Å². The summed E-state index contributed by atoms with van der Waals surface area (Å²) in [4.78, 5) is 29.2. The first-order valence-corrected chi connectivity index (χ1v) is 12.0. The second-order valence-electron chi connectivity index (χ2n) is 8.45. The molecule has 1 heterocycles. The maximum Gasteiger partial charge on any atom is 0.246 e. The monoisotopic (exact) mass is 480 g/mol. The van der Waals surface area contributed by atoms with Crippen LogP contribution in [0.4, 0.5) is 5.69 Å². The van der Waals surface area contributed by atoms with Crippen molar-refractivity contribution in [2.75, 3.05) is 31.1 Å². The van der Waals surface area contributed by atoms with E-state index in [1.54, 1.807) is 0 Å². The molecule has 0 aromatic heterocycles. The van der Waals surface area contributed by atoms with Crippen molar-refractivity contribution in [3.8, 4) is 0 Å². The quantitative estimate of drug-likeness (QED) is 0.413. The van der Waals surface area contributed by atoms with E-state index in [1.165, 1.54) is 49.8 Å². The lowest BCUT2D eigenvalue weighted by Crippen LogP contribution is -2.48. The van der Waals surface area contributed by atoms with Gasteiger partial charge in [0.2, 0.25) is 5.91 Å². The number of carbonyl (C=O) groups is 2. The van der Waals surface area contributed by atoms with Gasteiger partial charge in [-0.15, -0.1) is 0 Å². The molecule has 5 heteroatoms. The van der Waals surface area contributed by atoms with Gasteiger partial charge < -0.3 is 9.80 Å². The number of hydrogen-bond acceptors (Lipinski definition) is 3. The molecule has 0 unspecified atom stereocenters. The van der Waals surface area contributed by atoms with Gasteiger partial charge in [0.15, 0.2) is 5.78 Å². The zero-order valence-electron chi connectivity index (χ0n) is 17.8. The highest BCUT2D eigenvalue weighted by Crippen LogP contribution is 2.32. The topological polar surface area (TPSA) is 40.6 Å². The van der Waals surface area contributed by atoms with Crippen LogP contribution in [0.15, 0.2) is 65.2 Å². The van der Waals surface area contributed by atoms with Crippen molar-refractivity contribution in [2.24, 2.45) is 0 Å². The standard InChI is InChI=1S/C26H29BrN2O2/c27-23-7-4-8-24(19-23)28-15-17-29(18-16-28)26(31)14-13-25(30)22-11-9-21(10-12-22)20-5-2-1-3-6-20/h4,7-14,19-20H,1-3,5-6,15-18H2/b14-13+. The zero-order chi connectivity index (χ0) is 21.6. The summed E-state index contributed by atoms with van der Waals surface area (Å²) >= 11 is 3.51. The van der Waals surface area contributed by atoms with Crippen molar-refractivity contribution in [2.45, 2.75) is 38.0 Å². The molecule has 162 valence electrons. The first kappa shape index (κ1) is 21.8. The molecule has 0 spiro atoms. The molecule has 31 heavy (non-hydrogen) atoms. The van der Waals surface area contributed by atoms with E-state index in [9.17, 15) is 9.59 Å². The van der Waals surface area contributed by atoms with Crippen LogP contribution in [0.25, 0.3) is 0 Å². The van der Waals surface area contributed by atoms with Crippen LogP contribution >= 0.6 is 15.9 Å². The van der Waals surface area contributed by atoms with Gasteiger partial charge in [-0.2, -0.15) is 0 Å². The number of carbonyl (C=O) groups excluding carboxylic acids is 2. The van der Waals surface area contributed by atoms with Gasteiger partial charge in [0.05, 0.1) is 0 Å². The van der Waals surface area contributed by atoms with Crippen molar-refractivity contribution in [1.82, 2.24) is 4.90 Å². The van der Waals surface area contributed by atoms with Crippen molar-refractivity contribution in [1.29, 1.82) is 0 Å². The average Bonchev–Trinajstić information content (AvgIpc) is 2.83. The average molecular weight is 481 g/mol. The Morgan fingerprint density at radius 3 is 2.26 bits per heavy atom. The van der Waals surface area contributed by atoms with Gasteiger partial charge in [0, 0.05) is 48.0 Å². The maximum atomic E-state index is 12.6. The van der Waals surface area contributed by atoms with Crippen molar-refractivity contribution in [3.63, 3.8) is 0 Å². The lowest BCUT2D eigenvalue weighted by atomic mass is 9.84. The van der Waals surface area contributed by atoms with Crippen LogP contribution < -0.4 is 4.90 Å². The SMILES string of the molecule is O=C(/C=C/C(=O)N1CCN(c2cccc(Br)c2)CC1)c1ccc(C2CCCCC2)cc1. The number of amides is 1. The van der Waals surface area contributed by atoms with Crippen LogP contribution in [0, 0.1) is 0 Å². The number of anilines is 1. The van der Waals surface area contributed by atoms with Gasteiger partial charge in [-0.25, -0.2) is 0 Å². The normalized spacial score (nSPS) is 17.8. The Balaban J connectivity index is 1.29. The fraction of sp³-hybridized carbons (Fsp3) is 0.385. The lowest BCUT2D eigenvalue weighted by molar-refractivity contribution is -0.126.